The molecule has 0 saturated heterocycles. The fourth-order valence-corrected chi connectivity index (χ4v) is 4.57. The minimum atomic E-state index is -0.954. The molecule has 0 radical (unpaired) electrons. The highest BCUT2D eigenvalue weighted by Crippen LogP contribution is 2.59. The first-order chi connectivity index (χ1) is 9.90. The second-order valence-electron chi connectivity index (χ2n) is 6.59. The van der Waals surface area contributed by atoms with Gasteiger partial charge in [0.1, 0.15) is 0 Å². The summed E-state index contributed by atoms with van der Waals surface area (Å²) in [6.45, 7) is 4.08. The van der Waals surface area contributed by atoms with Crippen LogP contribution in [0.3, 0.4) is 0 Å². The average molecular weight is 288 g/mol. The lowest BCUT2D eigenvalue weighted by Gasteiger charge is -2.32. The fraction of sp³-hybridized carbons (Fsp3) is 0.529. The van der Waals surface area contributed by atoms with Gasteiger partial charge in [-0.15, -0.1) is 0 Å². The number of carboxylic acid groups (broad SMARTS) is 2. The summed E-state index contributed by atoms with van der Waals surface area (Å²) in [5.74, 6) is -3.22. The van der Waals surface area contributed by atoms with Crippen molar-refractivity contribution in [3.8, 4) is 0 Å². The molecule has 5 atom stereocenters. The largest absolute Gasteiger partial charge is 0.481 e. The maximum absolute atomic E-state index is 11.6. The van der Waals surface area contributed by atoms with Crippen molar-refractivity contribution in [1.82, 2.24) is 0 Å². The summed E-state index contributed by atoms with van der Waals surface area (Å²) in [5, 5.41) is 18.8. The van der Waals surface area contributed by atoms with Gasteiger partial charge in [-0.1, -0.05) is 23.8 Å². The highest BCUT2D eigenvalue weighted by atomic mass is 16.4. The van der Waals surface area contributed by atoms with E-state index in [4.69, 9.17) is 0 Å². The van der Waals surface area contributed by atoms with E-state index >= 15 is 0 Å². The summed E-state index contributed by atoms with van der Waals surface area (Å²) in [4.78, 5) is 23.0. The van der Waals surface area contributed by atoms with E-state index in [0.717, 1.165) is 12.8 Å². The molecule has 2 fully saturated rings. The number of hydrogen-bond acceptors (Lipinski definition) is 2. The molecule has 0 amide bonds. The third-order valence-corrected chi connectivity index (χ3v) is 5.41. The Hall–Kier alpha value is -1.84. The maximum Gasteiger partial charge on any atom is 0.307 e. The molecule has 0 unspecified atom stereocenters. The highest BCUT2D eigenvalue weighted by molar-refractivity contribution is 5.82. The lowest BCUT2D eigenvalue weighted by molar-refractivity contribution is -0.156. The van der Waals surface area contributed by atoms with Crippen molar-refractivity contribution >= 4 is 11.9 Å². The van der Waals surface area contributed by atoms with Crippen molar-refractivity contribution in [2.75, 3.05) is 0 Å². The third kappa shape index (κ3) is 2.13. The van der Waals surface area contributed by atoms with Crippen LogP contribution >= 0.6 is 0 Å². The molecule has 3 rings (SSSR count). The van der Waals surface area contributed by atoms with E-state index in [1.54, 1.807) is 0 Å². The minimum Gasteiger partial charge on any atom is -0.481 e. The summed E-state index contributed by atoms with van der Waals surface area (Å²) < 4.78 is 0. The molecular weight excluding hydrogens is 268 g/mol. The second kappa shape index (κ2) is 4.86. The van der Waals surface area contributed by atoms with Crippen LogP contribution < -0.4 is 0 Å². The average Bonchev–Trinajstić information content (AvgIpc) is 2.98. The molecule has 1 aromatic carbocycles. The topological polar surface area (TPSA) is 74.6 Å². The number of hydrogen-bond donors (Lipinski definition) is 2. The van der Waals surface area contributed by atoms with Crippen LogP contribution in [-0.4, -0.2) is 22.2 Å². The van der Waals surface area contributed by atoms with Gasteiger partial charge in [-0.05, 0) is 55.6 Å². The van der Waals surface area contributed by atoms with Crippen molar-refractivity contribution in [2.45, 2.75) is 32.6 Å². The van der Waals surface area contributed by atoms with Crippen molar-refractivity contribution in [2.24, 2.45) is 23.7 Å². The van der Waals surface area contributed by atoms with Crippen molar-refractivity contribution in [3.05, 3.63) is 34.9 Å². The standard InChI is InChI=1S/C17H20O4/c1-8-3-4-9(2)11(5-8)12-6-10-7-13(12)15(17(20)21)14(10)16(18)19/h3-5,10,12-15H,6-7H2,1-2H3,(H,18,19)(H,20,21)/t10-,12-,13+,14+,15+/m0/s1. The lowest BCUT2D eigenvalue weighted by Crippen LogP contribution is -2.37. The molecule has 1 aromatic rings. The summed E-state index contributed by atoms with van der Waals surface area (Å²) in [7, 11) is 0. The normalized spacial score (nSPS) is 34.1. The first-order valence-corrected chi connectivity index (χ1v) is 7.43. The Labute approximate surface area is 123 Å². The van der Waals surface area contributed by atoms with Gasteiger partial charge in [0, 0.05) is 0 Å². The predicted molar refractivity (Wildman–Crippen MR) is 77.1 cm³/mol. The predicted octanol–water partition coefficient (Wildman–Crippen LogP) is 2.83. The van der Waals surface area contributed by atoms with Gasteiger partial charge in [-0.25, -0.2) is 0 Å². The minimum absolute atomic E-state index is 0.00138. The number of rotatable bonds is 3. The molecule has 2 N–H and O–H groups in total. The molecular formula is C17H20O4. The Morgan fingerprint density at radius 2 is 1.71 bits per heavy atom. The van der Waals surface area contributed by atoms with Gasteiger partial charge in [0.25, 0.3) is 0 Å². The van der Waals surface area contributed by atoms with Crippen LogP contribution in [-0.2, 0) is 9.59 Å². The molecule has 4 heteroatoms. The van der Waals surface area contributed by atoms with Gasteiger partial charge in [-0.2, -0.15) is 0 Å². The van der Waals surface area contributed by atoms with E-state index in [1.165, 1.54) is 16.7 Å². The van der Waals surface area contributed by atoms with Crippen molar-refractivity contribution in [3.63, 3.8) is 0 Å². The number of carbonyl (C=O) groups is 2. The molecule has 21 heavy (non-hydrogen) atoms. The number of aryl methyl sites for hydroxylation is 2. The Morgan fingerprint density at radius 3 is 2.33 bits per heavy atom. The zero-order valence-electron chi connectivity index (χ0n) is 12.2. The van der Waals surface area contributed by atoms with Crippen LogP contribution in [0.1, 0.15) is 35.4 Å². The van der Waals surface area contributed by atoms with Crippen LogP contribution in [0.2, 0.25) is 0 Å². The van der Waals surface area contributed by atoms with Gasteiger partial charge in [-0.3, -0.25) is 9.59 Å². The van der Waals surface area contributed by atoms with Gasteiger partial charge in [0.05, 0.1) is 11.8 Å². The molecule has 0 heterocycles. The first kappa shape index (κ1) is 14.1. The molecule has 4 nitrogen and oxygen atoms in total. The zero-order chi connectivity index (χ0) is 15.3. The van der Waals surface area contributed by atoms with Gasteiger partial charge in [0.2, 0.25) is 0 Å². The molecule has 2 aliphatic rings. The molecule has 0 spiro atoms. The summed E-state index contributed by atoms with van der Waals surface area (Å²) >= 11 is 0. The Morgan fingerprint density at radius 1 is 1.05 bits per heavy atom. The van der Waals surface area contributed by atoms with Gasteiger partial charge in [0.15, 0.2) is 0 Å². The number of benzene rings is 1. The zero-order valence-corrected chi connectivity index (χ0v) is 12.2. The van der Waals surface area contributed by atoms with E-state index < -0.39 is 23.8 Å². The maximum atomic E-state index is 11.6. The molecule has 112 valence electrons. The van der Waals surface area contributed by atoms with Gasteiger partial charge >= 0.3 is 11.9 Å². The molecule has 0 aromatic heterocycles. The second-order valence-corrected chi connectivity index (χ2v) is 6.59. The van der Waals surface area contributed by atoms with Crippen molar-refractivity contribution in [1.29, 1.82) is 0 Å². The quantitative estimate of drug-likeness (QED) is 0.897. The van der Waals surface area contributed by atoms with Gasteiger partial charge < -0.3 is 10.2 Å². The van der Waals surface area contributed by atoms with Crippen LogP contribution in [0.25, 0.3) is 0 Å². The number of fused-ring (bicyclic) bond motifs is 2. The first-order valence-electron chi connectivity index (χ1n) is 7.43. The number of carboxylic acids is 2. The van der Waals surface area contributed by atoms with Crippen LogP contribution in [0, 0.1) is 37.5 Å². The van der Waals surface area contributed by atoms with E-state index in [9.17, 15) is 19.8 Å². The lowest BCUT2D eigenvalue weighted by atomic mass is 9.71. The van der Waals surface area contributed by atoms with Crippen molar-refractivity contribution < 1.29 is 19.8 Å². The smallest absolute Gasteiger partial charge is 0.307 e. The fourth-order valence-electron chi connectivity index (χ4n) is 4.57. The Kier molecular flexibility index (Phi) is 3.27. The molecule has 2 aliphatic carbocycles. The molecule has 2 bridgehead atoms. The Bertz CT molecular complexity index is 607. The number of aliphatic carboxylic acids is 2. The summed E-state index contributed by atoms with van der Waals surface area (Å²) in [5.41, 5.74) is 3.55. The summed E-state index contributed by atoms with van der Waals surface area (Å²) in [6, 6.07) is 6.26. The molecule has 2 saturated carbocycles. The third-order valence-electron chi connectivity index (χ3n) is 5.41. The van der Waals surface area contributed by atoms with Crippen LogP contribution in [0.4, 0.5) is 0 Å². The monoisotopic (exact) mass is 288 g/mol. The summed E-state index contributed by atoms with van der Waals surface area (Å²) in [6.07, 6.45) is 1.53. The Balaban J connectivity index is 1.97. The van der Waals surface area contributed by atoms with Crippen LogP contribution in [0.15, 0.2) is 18.2 Å². The SMILES string of the molecule is Cc1ccc(C)c([C@@H]2C[C@H]3C[C@H]2[C@@H](C(=O)O)[C@@H]3C(=O)O)c1. The molecule has 0 aliphatic heterocycles. The van der Waals surface area contributed by atoms with E-state index in [2.05, 4.69) is 18.2 Å². The van der Waals surface area contributed by atoms with E-state index in [1.807, 2.05) is 13.8 Å². The highest BCUT2D eigenvalue weighted by Gasteiger charge is 2.58. The van der Waals surface area contributed by atoms with E-state index in [0.29, 0.717) is 0 Å². The van der Waals surface area contributed by atoms with E-state index in [-0.39, 0.29) is 17.8 Å². The van der Waals surface area contributed by atoms with Crippen LogP contribution in [0.5, 0.6) is 0 Å².